The zero-order chi connectivity index (χ0) is 21.8. The quantitative estimate of drug-likeness (QED) is 0.544. The van der Waals surface area contributed by atoms with Crippen LogP contribution < -0.4 is 4.90 Å². The van der Waals surface area contributed by atoms with Crippen LogP contribution in [0.2, 0.25) is 5.02 Å². The Balaban J connectivity index is 1.30. The van der Waals surface area contributed by atoms with Crippen LogP contribution in [0.3, 0.4) is 0 Å². The Morgan fingerprint density at radius 1 is 0.935 bits per heavy atom. The number of hydrogen-bond donors (Lipinski definition) is 0. The number of carbonyl (C=O) groups excluding carboxylic acids is 1. The summed E-state index contributed by atoms with van der Waals surface area (Å²) in [5.74, 6) is 0.990. The van der Waals surface area contributed by atoms with Crippen molar-refractivity contribution < 1.29 is 17.8 Å². The van der Waals surface area contributed by atoms with Crippen molar-refractivity contribution in [1.29, 1.82) is 0 Å². The maximum Gasteiger partial charge on any atom is 0.289 e. The number of hydrogen-bond acceptors (Lipinski definition) is 4. The summed E-state index contributed by atoms with van der Waals surface area (Å²) in [6, 6.07) is 17.0. The van der Waals surface area contributed by atoms with Gasteiger partial charge in [-0.3, -0.25) is 9.00 Å². The highest BCUT2D eigenvalue weighted by atomic mass is 35.5. The number of anilines is 1. The molecular weight excluding hydrogens is 439 g/mol. The van der Waals surface area contributed by atoms with Gasteiger partial charge in [-0.05, 0) is 54.1 Å². The Bertz CT molecular complexity index is 1060. The first-order valence-corrected chi connectivity index (χ1v) is 11.8. The number of amides is 1. The van der Waals surface area contributed by atoms with Gasteiger partial charge in [0, 0.05) is 53.4 Å². The van der Waals surface area contributed by atoms with Crippen molar-refractivity contribution in [2.24, 2.45) is 0 Å². The first-order chi connectivity index (χ1) is 15.0. The first kappa shape index (κ1) is 21.6. The summed E-state index contributed by atoms with van der Waals surface area (Å²) in [4.78, 5) is 16.7. The monoisotopic (exact) mass is 460 g/mol. The van der Waals surface area contributed by atoms with Gasteiger partial charge in [-0.15, -0.1) is 0 Å². The third-order valence-corrected chi connectivity index (χ3v) is 6.69. The van der Waals surface area contributed by atoms with E-state index in [9.17, 15) is 13.4 Å². The van der Waals surface area contributed by atoms with E-state index >= 15 is 0 Å². The van der Waals surface area contributed by atoms with Gasteiger partial charge in [0.05, 0.1) is 5.75 Å². The van der Waals surface area contributed by atoms with Gasteiger partial charge in [-0.25, -0.2) is 4.39 Å². The van der Waals surface area contributed by atoms with Gasteiger partial charge in [-0.2, -0.15) is 0 Å². The molecule has 31 heavy (non-hydrogen) atoms. The molecule has 0 bridgehead atoms. The average Bonchev–Trinajstić information content (AvgIpc) is 3.24. The molecule has 1 aliphatic heterocycles. The molecule has 0 radical (unpaired) electrons. The molecule has 0 aliphatic carbocycles. The predicted octanol–water partition coefficient (Wildman–Crippen LogP) is 4.48. The summed E-state index contributed by atoms with van der Waals surface area (Å²) in [7, 11) is -1.16. The van der Waals surface area contributed by atoms with Crippen molar-refractivity contribution in [2.75, 3.05) is 31.1 Å². The van der Waals surface area contributed by atoms with Crippen LogP contribution in [0.4, 0.5) is 10.1 Å². The van der Waals surface area contributed by atoms with Crippen molar-refractivity contribution in [3.05, 3.63) is 88.6 Å². The normalized spacial score (nSPS) is 15.2. The molecule has 1 atom stereocenters. The van der Waals surface area contributed by atoms with Gasteiger partial charge in [0.2, 0.25) is 0 Å². The van der Waals surface area contributed by atoms with Crippen LogP contribution in [0.1, 0.15) is 21.9 Å². The average molecular weight is 461 g/mol. The highest BCUT2D eigenvalue weighted by Crippen LogP contribution is 2.20. The van der Waals surface area contributed by atoms with E-state index in [0.29, 0.717) is 42.7 Å². The number of halogens is 2. The Kier molecular flexibility index (Phi) is 6.73. The lowest BCUT2D eigenvalue weighted by Crippen LogP contribution is -2.48. The molecule has 8 heteroatoms. The zero-order valence-corrected chi connectivity index (χ0v) is 18.4. The van der Waals surface area contributed by atoms with E-state index in [1.54, 1.807) is 41.3 Å². The molecule has 4 rings (SSSR count). The van der Waals surface area contributed by atoms with Crippen LogP contribution in [0.25, 0.3) is 0 Å². The molecule has 0 spiro atoms. The fourth-order valence-corrected chi connectivity index (χ4v) is 4.79. The number of piperazine rings is 1. The molecule has 3 aromatic rings. The lowest BCUT2D eigenvalue weighted by Gasteiger charge is -2.35. The van der Waals surface area contributed by atoms with Crippen molar-refractivity contribution in [2.45, 2.75) is 11.5 Å². The van der Waals surface area contributed by atoms with Gasteiger partial charge in [-0.1, -0.05) is 23.7 Å². The Labute approximate surface area is 187 Å². The standard InChI is InChI=1S/C23H22ClFN2O3S/c24-18-3-1-17(2-4-18)15-31(29)16-21-9-10-22(30-21)23(28)27-13-11-26(12-14-27)20-7-5-19(25)6-8-20/h1-10H,11-16H2/t31-/m0/s1. The van der Waals surface area contributed by atoms with E-state index in [0.717, 1.165) is 11.3 Å². The van der Waals surface area contributed by atoms with Crippen LogP contribution in [0.5, 0.6) is 0 Å². The number of benzene rings is 2. The Morgan fingerprint density at radius 2 is 1.61 bits per heavy atom. The van der Waals surface area contributed by atoms with Gasteiger partial charge < -0.3 is 14.2 Å². The van der Waals surface area contributed by atoms with E-state index < -0.39 is 10.8 Å². The number of carbonyl (C=O) groups is 1. The summed E-state index contributed by atoms with van der Waals surface area (Å²) in [5.41, 5.74) is 1.88. The summed E-state index contributed by atoms with van der Waals surface area (Å²) in [6.45, 7) is 2.43. The van der Waals surface area contributed by atoms with Crippen LogP contribution >= 0.6 is 11.6 Å². The molecule has 1 saturated heterocycles. The number of furan rings is 1. The highest BCUT2D eigenvalue weighted by Gasteiger charge is 2.24. The van der Waals surface area contributed by atoms with Crippen molar-refractivity contribution in [1.82, 2.24) is 4.90 Å². The van der Waals surface area contributed by atoms with Crippen LogP contribution in [-0.4, -0.2) is 41.2 Å². The molecule has 1 amide bonds. The molecule has 1 aromatic heterocycles. The molecule has 0 N–H and O–H groups in total. The highest BCUT2D eigenvalue weighted by molar-refractivity contribution is 7.83. The Hall–Kier alpha value is -2.64. The minimum atomic E-state index is -1.16. The minimum absolute atomic E-state index is 0.173. The second-order valence-electron chi connectivity index (χ2n) is 7.38. The predicted molar refractivity (Wildman–Crippen MR) is 120 cm³/mol. The fraction of sp³-hybridized carbons (Fsp3) is 0.261. The van der Waals surface area contributed by atoms with Crippen molar-refractivity contribution in [3.63, 3.8) is 0 Å². The lowest BCUT2D eigenvalue weighted by molar-refractivity contribution is 0.0713. The molecule has 0 saturated carbocycles. The van der Waals surface area contributed by atoms with Gasteiger partial charge >= 0.3 is 0 Å². The molecule has 1 fully saturated rings. The summed E-state index contributed by atoms with van der Waals surface area (Å²) < 4.78 is 31.2. The maximum absolute atomic E-state index is 13.1. The lowest BCUT2D eigenvalue weighted by atomic mass is 10.2. The fourth-order valence-electron chi connectivity index (χ4n) is 3.52. The molecular formula is C23H22ClFN2O3S. The van der Waals surface area contributed by atoms with E-state index in [1.807, 2.05) is 12.1 Å². The van der Waals surface area contributed by atoms with E-state index in [1.165, 1.54) is 12.1 Å². The summed E-state index contributed by atoms with van der Waals surface area (Å²) in [5, 5.41) is 0.641. The largest absolute Gasteiger partial charge is 0.455 e. The van der Waals surface area contributed by atoms with Crippen molar-refractivity contribution in [3.8, 4) is 0 Å². The third kappa shape index (κ3) is 5.54. The SMILES string of the molecule is O=C(c1ccc(C[S@@](=O)Cc2ccc(Cl)cc2)o1)N1CCN(c2ccc(F)cc2)CC1. The Morgan fingerprint density at radius 3 is 2.29 bits per heavy atom. The van der Waals surface area contributed by atoms with Crippen LogP contribution in [0, 0.1) is 5.82 Å². The van der Waals surface area contributed by atoms with Crippen LogP contribution in [-0.2, 0) is 22.3 Å². The number of nitrogens with zero attached hydrogens (tertiary/aromatic N) is 2. The van der Waals surface area contributed by atoms with E-state index in [2.05, 4.69) is 4.90 Å². The second-order valence-corrected chi connectivity index (χ2v) is 9.27. The van der Waals surface area contributed by atoms with Gasteiger partial charge in [0.1, 0.15) is 11.6 Å². The van der Waals surface area contributed by atoms with Crippen molar-refractivity contribution >= 4 is 34.0 Å². The van der Waals surface area contributed by atoms with Gasteiger partial charge in [0.15, 0.2) is 5.76 Å². The summed E-state index contributed by atoms with van der Waals surface area (Å²) >= 11 is 5.88. The van der Waals surface area contributed by atoms with Gasteiger partial charge in [0.25, 0.3) is 5.91 Å². The third-order valence-electron chi connectivity index (χ3n) is 5.18. The molecule has 162 valence electrons. The number of rotatable bonds is 6. The van der Waals surface area contributed by atoms with E-state index in [4.69, 9.17) is 16.0 Å². The summed E-state index contributed by atoms with van der Waals surface area (Å²) in [6.07, 6.45) is 0. The molecule has 5 nitrogen and oxygen atoms in total. The zero-order valence-electron chi connectivity index (χ0n) is 16.8. The minimum Gasteiger partial charge on any atom is -0.455 e. The van der Waals surface area contributed by atoms with E-state index in [-0.39, 0.29) is 23.2 Å². The molecule has 2 heterocycles. The molecule has 1 aliphatic rings. The second kappa shape index (κ2) is 9.66. The molecule has 0 unspecified atom stereocenters. The van der Waals surface area contributed by atoms with Crippen LogP contribution in [0.15, 0.2) is 65.1 Å². The topological polar surface area (TPSA) is 53.8 Å². The molecule has 2 aromatic carbocycles. The first-order valence-electron chi connectivity index (χ1n) is 9.96. The maximum atomic E-state index is 13.1. The smallest absolute Gasteiger partial charge is 0.289 e.